The summed E-state index contributed by atoms with van der Waals surface area (Å²) in [5, 5.41) is 29.6. The van der Waals surface area contributed by atoms with E-state index in [1.54, 1.807) is 39.0 Å². The summed E-state index contributed by atoms with van der Waals surface area (Å²) in [7, 11) is 0. The van der Waals surface area contributed by atoms with Gasteiger partial charge in [-0.25, -0.2) is 14.6 Å². The quantitative estimate of drug-likeness (QED) is 0.0880. The molecular formula is C38H45ClN4O8. The van der Waals surface area contributed by atoms with Crippen LogP contribution in [-0.4, -0.2) is 80.7 Å². The highest BCUT2D eigenvalue weighted by Gasteiger charge is 2.61. The molecule has 4 N–H and O–H groups in total. The average molecular weight is 721 g/mol. The molecule has 5 atom stereocenters. The van der Waals surface area contributed by atoms with Gasteiger partial charge in [-0.1, -0.05) is 61.7 Å². The second-order valence-electron chi connectivity index (χ2n) is 14.4. The van der Waals surface area contributed by atoms with Gasteiger partial charge in [-0.3, -0.25) is 9.69 Å². The summed E-state index contributed by atoms with van der Waals surface area (Å²) < 4.78 is 18.0. The maximum Gasteiger partial charge on any atom is 0.407 e. The fraction of sp³-hybridized carbons (Fsp3) is 0.474. The number of alkyl carbamates (subject to hydrolysis) is 1. The SMILES string of the molecule is CCCCC/C=C\[C@@H]1C[C@]1(NC(=O)[C@@H]1C[C@@H](Oc2nc3c4cc(Cl)ccc4oc3c3ccccc23)CN1C(O)CNC(=O)OC(C)(C)C)C(=O)O. The van der Waals surface area contributed by atoms with Crippen LogP contribution in [0, 0.1) is 5.92 Å². The molecule has 2 aromatic heterocycles. The van der Waals surface area contributed by atoms with Gasteiger partial charge < -0.3 is 34.7 Å². The summed E-state index contributed by atoms with van der Waals surface area (Å²) in [5.41, 5.74) is -0.410. The summed E-state index contributed by atoms with van der Waals surface area (Å²) in [6.45, 7) is 7.15. The molecule has 2 aromatic carbocycles. The van der Waals surface area contributed by atoms with Crippen molar-refractivity contribution in [2.75, 3.05) is 13.1 Å². The van der Waals surface area contributed by atoms with Crippen LogP contribution in [0.3, 0.4) is 0 Å². The van der Waals surface area contributed by atoms with Gasteiger partial charge in [0.15, 0.2) is 5.58 Å². The second-order valence-corrected chi connectivity index (χ2v) is 14.9. The van der Waals surface area contributed by atoms with E-state index in [4.69, 9.17) is 30.5 Å². The molecule has 0 bridgehead atoms. The van der Waals surface area contributed by atoms with Gasteiger partial charge in [0.25, 0.3) is 0 Å². The molecule has 4 aromatic rings. The van der Waals surface area contributed by atoms with Gasteiger partial charge in [0.05, 0.1) is 12.6 Å². The Balaban J connectivity index is 1.26. The summed E-state index contributed by atoms with van der Waals surface area (Å²) in [6, 6.07) is 11.9. The molecule has 2 amide bonds. The number of carbonyl (C=O) groups excluding carboxylic acids is 2. The van der Waals surface area contributed by atoms with Gasteiger partial charge in [0.1, 0.15) is 34.6 Å². The minimum Gasteiger partial charge on any atom is -0.479 e. The molecule has 0 radical (unpaired) electrons. The van der Waals surface area contributed by atoms with E-state index in [1.165, 1.54) is 4.90 Å². The molecule has 51 heavy (non-hydrogen) atoms. The Labute approximate surface area is 301 Å². The Morgan fingerprint density at radius 2 is 1.92 bits per heavy atom. The smallest absolute Gasteiger partial charge is 0.407 e. The number of furan rings is 1. The number of carboxylic acids is 1. The lowest BCUT2D eigenvalue weighted by Gasteiger charge is -2.29. The number of carboxylic acid groups (broad SMARTS) is 1. The first-order chi connectivity index (χ1) is 24.3. The third-order valence-corrected chi connectivity index (χ3v) is 9.65. The molecule has 1 unspecified atom stereocenters. The number of ether oxygens (including phenoxy) is 2. The van der Waals surface area contributed by atoms with Crippen molar-refractivity contribution in [2.24, 2.45) is 5.92 Å². The average Bonchev–Trinajstić information content (AvgIpc) is 3.42. The fourth-order valence-corrected chi connectivity index (χ4v) is 6.94. The van der Waals surface area contributed by atoms with Crippen LogP contribution < -0.4 is 15.4 Å². The number of hydrogen-bond acceptors (Lipinski definition) is 9. The molecule has 6 rings (SSSR count). The number of amides is 2. The number of fused-ring (bicyclic) bond motifs is 5. The predicted octanol–water partition coefficient (Wildman–Crippen LogP) is 6.55. The molecule has 2 aliphatic rings. The highest BCUT2D eigenvalue weighted by Crippen LogP contribution is 2.45. The molecule has 3 heterocycles. The molecule has 1 saturated heterocycles. The van der Waals surface area contributed by atoms with Gasteiger partial charge in [-0.05, 0) is 64.3 Å². The van der Waals surface area contributed by atoms with Crippen molar-refractivity contribution >= 4 is 62.4 Å². The van der Waals surface area contributed by atoms with Crippen molar-refractivity contribution < 1.29 is 38.5 Å². The lowest BCUT2D eigenvalue weighted by Crippen LogP contribution is -2.55. The zero-order chi connectivity index (χ0) is 36.5. The number of halogens is 1. The van der Waals surface area contributed by atoms with Gasteiger partial charge in [-0.15, -0.1) is 0 Å². The molecule has 12 nitrogen and oxygen atoms in total. The van der Waals surface area contributed by atoms with E-state index in [0.717, 1.165) is 36.5 Å². The summed E-state index contributed by atoms with van der Waals surface area (Å²) in [5.74, 6) is -1.70. The number of likely N-dealkylation sites (tertiary alicyclic amines) is 1. The monoisotopic (exact) mass is 720 g/mol. The first kappa shape index (κ1) is 36.4. The molecule has 272 valence electrons. The third-order valence-electron chi connectivity index (χ3n) is 9.42. The van der Waals surface area contributed by atoms with Crippen LogP contribution >= 0.6 is 11.6 Å². The number of nitrogens with one attached hydrogen (secondary N) is 2. The normalized spacial score (nSPS) is 22.8. The van der Waals surface area contributed by atoms with E-state index in [0.29, 0.717) is 33.0 Å². The number of pyridine rings is 1. The Morgan fingerprint density at radius 3 is 2.65 bits per heavy atom. The lowest BCUT2D eigenvalue weighted by atomic mass is 10.1. The number of unbranched alkanes of at least 4 members (excludes halogenated alkanes) is 3. The maximum atomic E-state index is 14.0. The summed E-state index contributed by atoms with van der Waals surface area (Å²) in [6.07, 6.45) is 5.62. The topological polar surface area (TPSA) is 163 Å². The van der Waals surface area contributed by atoms with Crippen molar-refractivity contribution in [3.63, 3.8) is 0 Å². The number of nitrogens with zero attached hydrogens (tertiary/aromatic N) is 2. The number of hydrogen-bond donors (Lipinski definition) is 4. The Kier molecular flexibility index (Phi) is 10.5. The molecular weight excluding hydrogens is 676 g/mol. The highest BCUT2D eigenvalue weighted by atomic mass is 35.5. The first-order valence-electron chi connectivity index (χ1n) is 17.5. The standard InChI is InChI=1S/C38H45ClN4O8/c1-5-6-7-8-9-12-22-19-38(22,35(46)47)42-33(45)28-18-24(21-43(28)30(44)20-40-36(48)51-37(2,3)4)49-34-26-14-11-10-13-25(26)32-31(41-34)27-17-23(39)15-16-29(27)50-32/h9-17,22,24,28,30,44H,5-8,18-21H2,1-4H3,(H,40,48)(H,42,45)(H,46,47)/b12-9-/t22-,24-,28+,30?,38-/m1/s1. The molecule has 1 aliphatic carbocycles. The number of rotatable bonds is 13. The van der Waals surface area contributed by atoms with Crippen molar-refractivity contribution in [2.45, 2.75) is 95.7 Å². The number of aliphatic hydroxyl groups is 1. The van der Waals surface area contributed by atoms with Crippen LogP contribution in [-0.2, 0) is 14.3 Å². The lowest BCUT2D eigenvalue weighted by molar-refractivity contribution is -0.145. The molecule has 0 spiro atoms. The number of aliphatic carboxylic acids is 1. The van der Waals surface area contributed by atoms with Crippen LogP contribution in [0.4, 0.5) is 4.79 Å². The zero-order valence-electron chi connectivity index (χ0n) is 29.3. The minimum absolute atomic E-state index is 0.0854. The summed E-state index contributed by atoms with van der Waals surface area (Å²) in [4.78, 5) is 45.3. The fourth-order valence-electron chi connectivity index (χ4n) is 6.77. The maximum absolute atomic E-state index is 14.0. The van der Waals surface area contributed by atoms with Crippen LogP contribution in [0.1, 0.15) is 66.2 Å². The van der Waals surface area contributed by atoms with E-state index in [1.807, 2.05) is 36.4 Å². The number of aromatic nitrogens is 1. The number of allylic oxidation sites excluding steroid dienone is 1. The Bertz CT molecular complexity index is 1970. The van der Waals surface area contributed by atoms with E-state index >= 15 is 0 Å². The number of aliphatic hydroxyl groups excluding tert-OH is 1. The van der Waals surface area contributed by atoms with Crippen LogP contribution in [0.2, 0.25) is 5.02 Å². The Hall–Kier alpha value is -4.39. The van der Waals surface area contributed by atoms with E-state index in [9.17, 15) is 24.6 Å². The van der Waals surface area contributed by atoms with E-state index in [2.05, 4.69) is 17.6 Å². The molecule has 1 aliphatic heterocycles. The molecule has 1 saturated carbocycles. The minimum atomic E-state index is -1.44. The predicted molar refractivity (Wildman–Crippen MR) is 194 cm³/mol. The van der Waals surface area contributed by atoms with Gasteiger partial charge in [0.2, 0.25) is 11.8 Å². The zero-order valence-corrected chi connectivity index (χ0v) is 30.0. The number of carbonyl (C=O) groups is 3. The van der Waals surface area contributed by atoms with E-state index in [-0.39, 0.29) is 31.8 Å². The van der Waals surface area contributed by atoms with Gasteiger partial charge in [0, 0.05) is 40.1 Å². The van der Waals surface area contributed by atoms with Gasteiger partial charge >= 0.3 is 12.1 Å². The van der Waals surface area contributed by atoms with Crippen LogP contribution in [0.5, 0.6) is 5.88 Å². The second kappa shape index (κ2) is 14.7. The largest absolute Gasteiger partial charge is 0.479 e. The van der Waals surface area contributed by atoms with Crippen molar-refractivity contribution in [3.05, 3.63) is 59.6 Å². The van der Waals surface area contributed by atoms with Crippen molar-refractivity contribution in [1.82, 2.24) is 20.5 Å². The Morgan fingerprint density at radius 1 is 1.16 bits per heavy atom. The number of benzene rings is 2. The summed E-state index contributed by atoms with van der Waals surface area (Å²) >= 11 is 6.32. The van der Waals surface area contributed by atoms with Crippen molar-refractivity contribution in [3.8, 4) is 5.88 Å². The molecule has 13 heteroatoms. The van der Waals surface area contributed by atoms with Crippen LogP contribution in [0.25, 0.3) is 32.8 Å². The van der Waals surface area contributed by atoms with Gasteiger partial charge in [-0.2, -0.15) is 0 Å². The highest BCUT2D eigenvalue weighted by molar-refractivity contribution is 6.31. The molecule has 2 fully saturated rings. The first-order valence-corrected chi connectivity index (χ1v) is 17.9. The third kappa shape index (κ3) is 7.93. The van der Waals surface area contributed by atoms with Crippen LogP contribution in [0.15, 0.2) is 59.0 Å². The van der Waals surface area contributed by atoms with Crippen molar-refractivity contribution in [1.29, 1.82) is 0 Å². The van der Waals surface area contributed by atoms with E-state index < -0.39 is 47.5 Å².